The molecule has 0 amide bonds. The molecule has 1 rings (SSSR count). The second-order valence-electron chi connectivity index (χ2n) is 2.48. The van der Waals surface area contributed by atoms with Crippen LogP contribution in [-0.2, 0) is 0 Å². The normalized spacial score (nSPS) is 10.8. The fourth-order valence-corrected chi connectivity index (χ4v) is 1.30. The van der Waals surface area contributed by atoms with Crippen LogP contribution in [0, 0.1) is 11.3 Å². The monoisotopic (exact) mass is 296 g/mol. The molecule has 0 unspecified atom stereocenters. The Bertz CT molecular complexity index is 442. The molecule has 0 aliphatic carbocycles. The molecule has 0 N–H and O–H groups in total. The van der Waals surface area contributed by atoms with Crippen LogP contribution in [0.15, 0.2) is 10.8 Å². The summed E-state index contributed by atoms with van der Waals surface area (Å²) in [5.74, 6) is -0.806. The highest BCUT2D eigenvalue weighted by molar-refractivity contribution is 9.10. The highest BCUT2D eigenvalue weighted by Crippen LogP contribution is 2.36. The lowest BCUT2D eigenvalue weighted by atomic mass is 10.2. The molecule has 1 aromatic heterocycles. The summed E-state index contributed by atoms with van der Waals surface area (Å²) in [6.45, 7) is 0. The van der Waals surface area contributed by atoms with E-state index in [-0.39, 0.29) is 15.9 Å². The minimum Gasteiger partial charge on any atom is -0.494 e. The van der Waals surface area contributed by atoms with E-state index in [1.807, 2.05) is 0 Å². The average Bonchev–Trinajstić information content (AvgIpc) is 2.19. The zero-order valence-electron chi connectivity index (χ0n) is 7.80. The van der Waals surface area contributed by atoms with Crippen LogP contribution >= 0.6 is 15.9 Å². The molecule has 4 nitrogen and oxygen atoms in total. The molecule has 0 aliphatic rings. The molecule has 86 valence electrons. The predicted molar refractivity (Wildman–Crippen MR) is 49.9 cm³/mol. The third-order valence-electron chi connectivity index (χ3n) is 1.51. The molecule has 0 saturated heterocycles. The van der Waals surface area contributed by atoms with E-state index in [1.54, 1.807) is 6.07 Å². The van der Waals surface area contributed by atoms with Crippen LogP contribution in [0.5, 0.6) is 11.5 Å². The number of alkyl halides is 3. The van der Waals surface area contributed by atoms with Gasteiger partial charge in [-0.15, -0.1) is 13.2 Å². The summed E-state index contributed by atoms with van der Waals surface area (Å²) in [4.78, 5) is 3.56. The number of ether oxygens (including phenoxy) is 2. The Morgan fingerprint density at radius 2 is 2.12 bits per heavy atom. The zero-order valence-corrected chi connectivity index (χ0v) is 9.39. The van der Waals surface area contributed by atoms with E-state index in [0.29, 0.717) is 0 Å². The van der Waals surface area contributed by atoms with E-state index in [9.17, 15) is 13.2 Å². The molecule has 16 heavy (non-hydrogen) atoms. The van der Waals surface area contributed by atoms with E-state index >= 15 is 0 Å². The van der Waals surface area contributed by atoms with Gasteiger partial charge in [0.1, 0.15) is 16.2 Å². The number of hydrogen-bond acceptors (Lipinski definition) is 4. The fourth-order valence-electron chi connectivity index (χ4n) is 0.923. The molecular weight excluding hydrogens is 293 g/mol. The maximum Gasteiger partial charge on any atom is 0.573 e. The number of halogens is 4. The Kier molecular flexibility index (Phi) is 3.59. The first kappa shape index (κ1) is 12.6. The van der Waals surface area contributed by atoms with Crippen LogP contribution in [0.1, 0.15) is 5.56 Å². The summed E-state index contributed by atoms with van der Waals surface area (Å²) in [5, 5.41) is 8.73. The van der Waals surface area contributed by atoms with Crippen molar-refractivity contribution in [1.29, 1.82) is 5.26 Å². The molecule has 0 bridgehead atoms. The van der Waals surface area contributed by atoms with Crippen molar-refractivity contribution in [3.8, 4) is 17.6 Å². The molecule has 1 heterocycles. The Morgan fingerprint density at radius 1 is 1.50 bits per heavy atom. The molecule has 8 heteroatoms. The quantitative estimate of drug-likeness (QED) is 0.787. The Balaban J connectivity index is 3.31. The molecule has 0 spiro atoms. The zero-order chi connectivity index (χ0) is 12.3. The third-order valence-corrected chi connectivity index (χ3v) is 2.07. The third kappa shape index (κ3) is 2.76. The first-order valence-corrected chi connectivity index (χ1v) is 4.56. The van der Waals surface area contributed by atoms with Crippen LogP contribution in [0.2, 0.25) is 0 Å². The lowest BCUT2D eigenvalue weighted by Crippen LogP contribution is -2.18. The Labute approximate surface area is 96.7 Å². The average molecular weight is 297 g/mol. The minimum absolute atomic E-state index is 0.0926. The van der Waals surface area contributed by atoms with Crippen LogP contribution in [-0.4, -0.2) is 18.5 Å². The first-order chi connectivity index (χ1) is 7.39. The van der Waals surface area contributed by atoms with Gasteiger partial charge in [0.15, 0.2) is 11.5 Å². The summed E-state index contributed by atoms with van der Waals surface area (Å²) in [6, 6.07) is 1.56. The molecule has 0 aliphatic heterocycles. The standard InChI is InChI=1S/C8H4BrF3N2O2/c1-15-5-3-14-7(9)6(4(5)2-13)16-8(10,11)12/h3H,1H3. The summed E-state index contributed by atoms with van der Waals surface area (Å²) in [5.41, 5.74) is -0.373. The topological polar surface area (TPSA) is 55.1 Å². The molecule has 0 atom stereocenters. The van der Waals surface area contributed by atoms with Crippen molar-refractivity contribution < 1.29 is 22.6 Å². The second kappa shape index (κ2) is 4.57. The Morgan fingerprint density at radius 3 is 2.56 bits per heavy atom. The minimum atomic E-state index is -4.90. The van der Waals surface area contributed by atoms with Gasteiger partial charge in [0, 0.05) is 0 Å². The molecule has 0 aromatic carbocycles. The number of pyridine rings is 1. The summed E-state index contributed by atoms with van der Waals surface area (Å²) >= 11 is 2.76. The number of methoxy groups -OCH3 is 1. The van der Waals surface area contributed by atoms with Gasteiger partial charge in [-0.3, -0.25) is 0 Å². The first-order valence-electron chi connectivity index (χ1n) is 3.77. The van der Waals surface area contributed by atoms with Gasteiger partial charge in [0.2, 0.25) is 0 Å². The van der Waals surface area contributed by atoms with Gasteiger partial charge in [-0.1, -0.05) is 0 Å². The predicted octanol–water partition coefficient (Wildman–Crippen LogP) is 2.62. The number of rotatable bonds is 2. The smallest absolute Gasteiger partial charge is 0.494 e. The number of nitrogens with zero attached hydrogens (tertiary/aromatic N) is 2. The van der Waals surface area contributed by atoms with Gasteiger partial charge >= 0.3 is 6.36 Å². The van der Waals surface area contributed by atoms with E-state index in [0.717, 1.165) is 6.20 Å². The maximum atomic E-state index is 12.1. The molecule has 0 saturated carbocycles. The van der Waals surface area contributed by atoms with Crippen molar-refractivity contribution in [3.63, 3.8) is 0 Å². The largest absolute Gasteiger partial charge is 0.573 e. The van der Waals surface area contributed by atoms with E-state index in [1.165, 1.54) is 7.11 Å². The van der Waals surface area contributed by atoms with E-state index < -0.39 is 12.1 Å². The highest BCUT2D eigenvalue weighted by Gasteiger charge is 2.34. The van der Waals surface area contributed by atoms with Crippen molar-refractivity contribution in [3.05, 3.63) is 16.4 Å². The lowest BCUT2D eigenvalue weighted by molar-refractivity contribution is -0.275. The van der Waals surface area contributed by atoms with E-state index in [2.05, 4.69) is 25.7 Å². The summed E-state index contributed by atoms with van der Waals surface area (Å²) in [6.07, 6.45) is -3.78. The second-order valence-corrected chi connectivity index (χ2v) is 3.23. The highest BCUT2D eigenvalue weighted by atomic mass is 79.9. The molecule has 0 fully saturated rings. The van der Waals surface area contributed by atoms with Gasteiger partial charge in [-0.25, -0.2) is 4.98 Å². The summed E-state index contributed by atoms with van der Waals surface area (Å²) in [7, 11) is 1.21. The van der Waals surface area contributed by atoms with Crippen molar-refractivity contribution in [2.75, 3.05) is 7.11 Å². The molecule has 1 aromatic rings. The van der Waals surface area contributed by atoms with Crippen LogP contribution in [0.25, 0.3) is 0 Å². The number of aromatic nitrogens is 1. The Hall–Kier alpha value is -1.49. The van der Waals surface area contributed by atoms with Gasteiger partial charge in [0.05, 0.1) is 13.3 Å². The molecular formula is C8H4BrF3N2O2. The fraction of sp³-hybridized carbons (Fsp3) is 0.250. The van der Waals surface area contributed by atoms with Crippen molar-refractivity contribution >= 4 is 15.9 Å². The van der Waals surface area contributed by atoms with Crippen LogP contribution in [0.3, 0.4) is 0 Å². The van der Waals surface area contributed by atoms with Gasteiger partial charge in [-0.05, 0) is 15.9 Å². The van der Waals surface area contributed by atoms with Crippen LogP contribution < -0.4 is 9.47 Å². The van der Waals surface area contributed by atoms with Crippen molar-refractivity contribution in [1.82, 2.24) is 4.98 Å². The number of hydrogen-bond donors (Lipinski definition) is 0. The van der Waals surface area contributed by atoms with Gasteiger partial charge in [-0.2, -0.15) is 5.26 Å². The number of nitriles is 1. The SMILES string of the molecule is COc1cnc(Br)c(OC(F)(F)F)c1C#N. The molecule has 0 radical (unpaired) electrons. The van der Waals surface area contributed by atoms with Gasteiger partial charge < -0.3 is 9.47 Å². The van der Waals surface area contributed by atoms with Crippen molar-refractivity contribution in [2.24, 2.45) is 0 Å². The lowest BCUT2D eigenvalue weighted by Gasteiger charge is -2.12. The maximum absolute atomic E-state index is 12.1. The van der Waals surface area contributed by atoms with Gasteiger partial charge in [0.25, 0.3) is 0 Å². The van der Waals surface area contributed by atoms with Crippen LogP contribution in [0.4, 0.5) is 13.2 Å². The summed E-state index contributed by atoms with van der Waals surface area (Å²) < 4.78 is 44.3. The van der Waals surface area contributed by atoms with E-state index in [4.69, 9.17) is 10.00 Å². The van der Waals surface area contributed by atoms with Crippen molar-refractivity contribution in [2.45, 2.75) is 6.36 Å².